The van der Waals surface area contributed by atoms with Gasteiger partial charge in [-0.25, -0.2) is 12.8 Å². The first-order chi connectivity index (χ1) is 9.34. The van der Waals surface area contributed by atoms with Crippen molar-refractivity contribution >= 4 is 16.0 Å². The van der Waals surface area contributed by atoms with E-state index in [1.807, 2.05) is 0 Å². The van der Waals surface area contributed by atoms with Gasteiger partial charge in [0.2, 0.25) is 10.0 Å². The maximum Gasteiger partial charge on any atom is 0.310 e. The van der Waals surface area contributed by atoms with Crippen LogP contribution in [0.3, 0.4) is 0 Å². The number of likely N-dealkylation sites (N-methyl/N-ethyl adjacent to an activating group) is 1. The van der Waals surface area contributed by atoms with Crippen molar-refractivity contribution in [1.82, 2.24) is 4.31 Å². The third-order valence-electron chi connectivity index (χ3n) is 3.31. The summed E-state index contributed by atoms with van der Waals surface area (Å²) < 4.78 is 43.8. The van der Waals surface area contributed by atoms with Gasteiger partial charge in [-0.2, -0.15) is 4.31 Å². The molecule has 0 amide bonds. The average Bonchev–Trinajstić information content (AvgIpc) is 2.87. The number of hydrogen-bond donors (Lipinski definition) is 1. The molecule has 1 aromatic rings. The number of carbonyl (C=O) groups is 1. The zero-order chi connectivity index (χ0) is 14.9. The molecule has 2 atom stereocenters. The van der Waals surface area contributed by atoms with Crippen LogP contribution in [0.1, 0.15) is 0 Å². The molecule has 2 unspecified atom stereocenters. The lowest BCUT2D eigenvalue weighted by Gasteiger charge is -2.25. The molecule has 6 nitrogen and oxygen atoms in total. The Morgan fingerprint density at radius 3 is 2.75 bits per heavy atom. The van der Waals surface area contributed by atoms with E-state index in [1.165, 1.54) is 19.2 Å². The van der Waals surface area contributed by atoms with Gasteiger partial charge in [-0.05, 0) is 18.2 Å². The van der Waals surface area contributed by atoms with E-state index >= 15 is 0 Å². The highest BCUT2D eigenvalue weighted by molar-refractivity contribution is 7.89. The number of benzene rings is 1. The van der Waals surface area contributed by atoms with Gasteiger partial charge in [-0.15, -0.1) is 0 Å². The summed E-state index contributed by atoms with van der Waals surface area (Å²) in [6.45, 7) is -0.0367. The van der Waals surface area contributed by atoms with Crippen LogP contribution in [0.4, 0.5) is 4.39 Å². The molecule has 0 bridgehead atoms. The molecule has 1 aliphatic rings. The SMILES string of the molecule is CN(C1COCC1C(=O)O)S(=O)(=O)c1cccc(F)c1. The van der Waals surface area contributed by atoms with E-state index in [1.54, 1.807) is 0 Å². The maximum absolute atomic E-state index is 13.1. The first kappa shape index (κ1) is 14.9. The zero-order valence-electron chi connectivity index (χ0n) is 10.7. The summed E-state index contributed by atoms with van der Waals surface area (Å²) in [6, 6.07) is 3.78. The fraction of sp³-hybridized carbons (Fsp3) is 0.417. The van der Waals surface area contributed by atoms with Crippen LogP contribution in [0.25, 0.3) is 0 Å². The second-order valence-corrected chi connectivity index (χ2v) is 6.53. The molecule has 2 rings (SSSR count). The molecule has 8 heteroatoms. The minimum Gasteiger partial charge on any atom is -0.481 e. The van der Waals surface area contributed by atoms with Crippen molar-refractivity contribution < 1.29 is 27.4 Å². The van der Waals surface area contributed by atoms with Crippen molar-refractivity contribution in [3.8, 4) is 0 Å². The van der Waals surface area contributed by atoms with Gasteiger partial charge in [0.1, 0.15) is 5.82 Å². The molecule has 1 aliphatic heterocycles. The second kappa shape index (κ2) is 5.47. The molecule has 1 heterocycles. The average molecular weight is 303 g/mol. The van der Waals surface area contributed by atoms with Gasteiger partial charge in [0.25, 0.3) is 0 Å². The Balaban J connectivity index is 2.32. The lowest BCUT2D eigenvalue weighted by Crippen LogP contribution is -2.44. The maximum atomic E-state index is 13.1. The third-order valence-corrected chi connectivity index (χ3v) is 5.19. The molecule has 1 fully saturated rings. The number of hydrogen-bond acceptors (Lipinski definition) is 4. The van der Waals surface area contributed by atoms with Crippen LogP contribution in [0, 0.1) is 11.7 Å². The van der Waals surface area contributed by atoms with E-state index in [4.69, 9.17) is 9.84 Å². The molecule has 0 spiro atoms. The van der Waals surface area contributed by atoms with Gasteiger partial charge in [-0.1, -0.05) is 6.07 Å². The molecule has 1 N–H and O–H groups in total. The van der Waals surface area contributed by atoms with Crippen LogP contribution >= 0.6 is 0 Å². The first-order valence-corrected chi connectivity index (χ1v) is 7.32. The van der Waals surface area contributed by atoms with Gasteiger partial charge >= 0.3 is 5.97 Å². The van der Waals surface area contributed by atoms with Gasteiger partial charge in [0.15, 0.2) is 0 Å². The van der Waals surface area contributed by atoms with Crippen molar-refractivity contribution in [2.45, 2.75) is 10.9 Å². The normalized spacial score (nSPS) is 23.1. The molecule has 110 valence electrons. The van der Waals surface area contributed by atoms with Crippen molar-refractivity contribution in [3.05, 3.63) is 30.1 Å². The second-order valence-electron chi connectivity index (χ2n) is 4.53. The Hall–Kier alpha value is -1.51. The van der Waals surface area contributed by atoms with Gasteiger partial charge in [0.05, 0.1) is 30.1 Å². The van der Waals surface area contributed by atoms with Crippen LogP contribution in [0.5, 0.6) is 0 Å². The van der Waals surface area contributed by atoms with Crippen LogP contribution in [-0.2, 0) is 19.6 Å². The van der Waals surface area contributed by atoms with Crippen LogP contribution in [0.2, 0.25) is 0 Å². The van der Waals surface area contributed by atoms with Gasteiger partial charge in [0, 0.05) is 7.05 Å². The van der Waals surface area contributed by atoms with E-state index in [0.717, 1.165) is 16.4 Å². The smallest absolute Gasteiger partial charge is 0.310 e. The van der Waals surface area contributed by atoms with E-state index in [9.17, 15) is 17.6 Å². The zero-order valence-corrected chi connectivity index (χ0v) is 11.5. The lowest BCUT2D eigenvalue weighted by atomic mass is 10.1. The molecule has 0 aromatic heterocycles. The number of nitrogens with zero attached hydrogens (tertiary/aromatic N) is 1. The van der Waals surface area contributed by atoms with E-state index in [-0.39, 0.29) is 18.1 Å². The topological polar surface area (TPSA) is 83.9 Å². The Morgan fingerprint density at radius 2 is 2.15 bits per heavy atom. The molecule has 1 saturated heterocycles. The highest BCUT2D eigenvalue weighted by atomic mass is 32.2. The van der Waals surface area contributed by atoms with Crippen molar-refractivity contribution in [2.24, 2.45) is 5.92 Å². The fourth-order valence-electron chi connectivity index (χ4n) is 2.11. The summed E-state index contributed by atoms with van der Waals surface area (Å²) in [5.74, 6) is -2.71. The summed E-state index contributed by atoms with van der Waals surface area (Å²) >= 11 is 0. The monoisotopic (exact) mass is 303 g/mol. The van der Waals surface area contributed by atoms with Crippen molar-refractivity contribution in [2.75, 3.05) is 20.3 Å². The number of carboxylic acid groups (broad SMARTS) is 1. The summed E-state index contributed by atoms with van der Waals surface area (Å²) in [4.78, 5) is 10.9. The number of carboxylic acids is 1. The molecule has 0 aliphatic carbocycles. The van der Waals surface area contributed by atoms with E-state index in [0.29, 0.717) is 0 Å². The Morgan fingerprint density at radius 1 is 1.45 bits per heavy atom. The van der Waals surface area contributed by atoms with E-state index in [2.05, 4.69) is 0 Å². The molecular weight excluding hydrogens is 289 g/mol. The largest absolute Gasteiger partial charge is 0.481 e. The Labute approximate surface area is 115 Å². The van der Waals surface area contributed by atoms with Crippen LogP contribution in [-0.4, -0.2) is 50.1 Å². The molecular formula is C12H14FNO5S. The Bertz CT molecular complexity index is 618. The molecule has 20 heavy (non-hydrogen) atoms. The minimum atomic E-state index is -3.96. The number of ether oxygens (including phenoxy) is 1. The highest BCUT2D eigenvalue weighted by Crippen LogP contribution is 2.25. The van der Waals surface area contributed by atoms with Crippen LogP contribution in [0.15, 0.2) is 29.2 Å². The van der Waals surface area contributed by atoms with Crippen molar-refractivity contribution in [1.29, 1.82) is 0 Å². The number of aliphatic carboxylic acids is 1. The van der Waals surface area contributed by atoms with Crippen LogP contribution < -0.4 is 0 Å². The predicted octanol–water partition coefficient (Wildman–Crippen LogP) is 0.546. The number of rotatable bonds is 4. The number of sulfonamides is 1. The summed E-state index contributed by atoms with van der Waals surface area (Å²) in [7, 11) is -2.69. The standard InChI is InChI=1S/C12H14FNO5S/c1-14(11-7-19-6-10(11)12(15)16)20(17,18)9-4-2-3-8(13)5-9/h2-5,10-11H,6-7H2,1H3,(H,15,16). The quantitative estimate of drug-likeness (QED) is 0.878. The summed E-state index contributed by atoms with van der Waals surface area (Å²) in [6.07, 6.45) is 0. The fourth-order valence-corrected chi connectivity index (χ4v) is 3.52. The molecule has 0 saturated carbocycles. The molecule has 1 aromatic carbocycles. The van der Waals surface area contributed by atoms with Crippen molar-refractivity contribution in [3.63, 3.8) is 0 Å². The highest BCUT2D eigenvalue weighted by Gasteiger charge is 2.41. The minimum absolute atomic E-state index is 0.00200. The molecule has 0 radical (unpaired) electrons. The third kappa shape index (κ3) is 2.67. The Kier molecular flexibility index (Phi) is 4.07. The summed E-state index contributed by atoms with van der Waals surface area (Å²) in [5, 5.41) is 9.05. The van der Waals surface area contributed by atoms with Gasteiger partial charge < -0.3 is 9.84 Å². The first-order valence-electron chi connectivity index (χ1n) is 5.88. The van der Waals surface area contributed by atoms with Gasteiger partial charge in [-0.3, -0.25) is 4.79 Å². The summed E-state index contributed by atoms with van der Waals surface area (Å²) in [5.41, 5.74) is 0. The van der Waals surface area contributed by atoms with E-state index < -0.39 is 33.8 Å². The number of halogens is 1. The lowest BCUT2D eigenvalue weighted by molar-refractivity contribution is -0.142. The predicted molar refractivity (Wildman–Crippen MR) is 67.1 cm³/mol.